The Kier molecular flexibility index (Phi) is 30.1. The van der Waals surface area contributed by atoms with Crippen molar-refractivity contribution in [3.8, 4) is 0 Å². The SMILES string of the molecule is CCCCCCCCCCCCCCCC(=O)N[C@@H](CO[C@@H]1O[C@H](CO)[C@H](O)[C@H](O)[C@H]1O)[C@H](O)CCCCCCCCCCCCCCC. The minimum absolute atomic E-state index is 0.132. The standard InChI is InChI=1S/C40H79NO8/c1-3-5-7-9-11-13-15-17-19-21-23-25-27-29-34(43)33(32-48-40-39(47)38(46)37(45)35(31-42)49-40)41-36(44)30-28-26-24-22-20-18-16-14-12-10-8-6-4-2/h33-35,37-40,42-43,45-47H,3-32H2,1-2H3,(H,41,44)/t33-,34+,35+,37-,38-,39+,40+/m0/s1. The third-order valence-corrected chi connectivity index (χ3v) is 10.2. The van der Waals surface area contributed by atoms with Gasteiger partial charge in [0.15, 0.2) is 6.29 Å². The van der Waals surface area contributed by atoms with Gasteiger partial charge >= 0.3 is 0 Å². The van der Waals surface area contributed by atoms with Crippen LogP contribution in [-0.2, 0) is 14.3 Å². The van der Waals surface area contributed by atoms with E-state index in [-0.39, 0.29) is 12.5 Å². The van der Waals surface area contributed by atoms with Crippen molar-refractivity contribution < 1.29 is 39.8 Å². The Morgan fingerprint density at radius 3 is 1.45 bits per heavy atom. The lowest BCUT2D eigenvalue weighted by atomic mass is 9.99. The number of nitrogens with one attached hydrogen (secondary N) is 1. The molecule has 0 aromatic carbocycles. The van der Waals surface area contributed by atoms with E-state index < -0.39 is 49.5 Å². The van der Waals surface area contributed by atoms with Gasteiger partial charge in [-0.05, 0) is 12.8 Å². The summed E-state index contributed by atoms with van der Waals surface area (Å²) in [5, 5.41) is 54.1. The number of ether oxygens (including phenoxy) is 2. The van der Waals surface area contributed by atoms with Crippen molar-refractivity contribution in [1.82, 2.24) is 5.32 Å². The Morgan fingerprint density at radius 2 is 1.02 bits per heavy atom. The van der Waals surface area contributed by atoms with Crippen molar-refractivity contribution in [1.29, 1.82) is 0 Å². The molecule has 1 aliphatic rings. The van der Waals surface area contributed by atoms with Crippen molar-refractivity contribution in [2.75, 3.05) is 13.2 Å². The summed E-state index contributed by atoms with van der Waals surface area (Å²) in [5.41, 5.74) is 0. The van der Waals surface area contributed by atoms with E-state index in [1.165, 1.54) is 128 Å². The molecule has 1 aliphatic heterocycles. The second kappa shape index (κ2) is 31.9. The summed E-state index contributed by atoms with van der Waals surface area (Å²) in [7, 11) is 0. The van der Waals surface area contributed by atoms with Crippen LogP contribution in [0.5, 0.6) is 0 Å². The van der Waals surface area contributed by atoms with Crippen LogP contribution in [0.1, 0.15) is 194 Å². The number of hydrogen-bond acceptors (Lipinski definition) is 8. The second-order valence-electron chi connectivity index (χ2n) is 14.8. The fraction of sp³-hybridized carbons (Fsp3) is 0.975. The molecular formula is C40H79NO8. The van der Waals surface area contributed by atoms with Crippen LogP contribution in [0.15, 0.2) is 0 Å². The molecule has 1 amide bonds. The Morgan fingerprint density at radius 1 is 0.612 bits per heavy atom. The summed E-state index contributed by atoms with van der Waals surface area (Å²) in [4.78, 5) is 12.9. The number of amides is 1. The van der Waals surface area contributed by atoms with Gasteiger partial charge in [-0.2, -0.15) is 0 Å². The monoisotopic (exact) mass is 702 g/mol. The van der Waals surface area contributed by atoms with Crippen LogP contribution in [-0.4, -0.2) is 87.5 Å². The maximum absolute atomic E-state index is 12.9. The summed E-state index contributed by atoms with van der Waals surface area (Å²) in [6.07, 6.45) is 25.3. The highest BCUT2D eigenvalue weighted by Crippen LogP contribution is 2.23. The summed E-state index contributed by atoms with van der Waals surface area (Å²) in [6, 6.07) is -0.709. The molecule has 49 heavy (non-hydrogen) atoms. The molecule has 7 atom stereocenters. The number of rotatable bonds is 34. The number of unbranched alkanes of at least 4 members (excludes halogenated alkanes) is 24. The van der Waals surface area contributed by atoms with Crippen molar-refractivity contribution in [3.05, 3.63) is 0 Å². The van der Waals surface area contributed by atoms with Crippen molar-refractivity contribution in [2.24, 2.45) is 0 Å². The number of hydrogen-bond donors (Lipinski definition) is 6. The van der Waals surface area contributed by atoms with Crippen LogP contribution < -0.4 is 5.32 Å². The first-order valence-corrected chi connectivity index (χ1v) is 20.7. The average molecular weight is 702 g/mol. The molecule has 292 valence electrons. The largest absolute Gasteiger partial charge is 0.394 e. The van der Waals surface area contributed by atoms with Gasteiger partial charge in [-0.3, -0.25) is 4.79 Å². The van der Waals surface area contributed by atoms with Crippen molar-refractivity contribution in [3.63, 3.8) is 0 Å². The van der Waals surface area contributed by atoms with Gasteiger partial charge in [0.1, 0.15) is 24.4 Å². The Labute approximate surface area is 300 Å². The van der Waals surface area contributed by atoms with Crippen LogP contribution in [0.2, 0.25) is 0 Å². The molecule has 9 nitrogen and oxygen atoms in total. The lowest BCUT2D eigenvalue weighted by Gasteiger charge is -2.40. The first kappa shape index (κ1) is 46.2. The normalized spacial score (nSPS) is 22.3. The highest BCUT2D eigenvalue weighted by Gasteiger charge is 2.44. The van der Waals surface area contributed by atoms with E-state index in [1.807, 2.05) is 0 Å². The zero-order valence-electron chi connectivity index (χ0n) is 31.7. The van der Waals surface area contributed by atoms with Crippen LogP contribution in [0, 0.1) is 0 Å². The fourth-order valence-electron chi connectivity index (χ4n) is 6.81. The minimum Gasteiger partial charge on any atom is -0.394 e. The molecule has 0 aromatic heterocycles. The van der Waals surface area contributed by atoms with E-state index in [4.69, 9.17) is 9.47 Å². The maximum Gasteiger partial charge on any atom is 0.220 e. The van der Waals surface area contributed by atoms with Crippen molar-refractivity contribution >= 4 is 5.91 Å². The number of carbonyl (C=O) groups is 1. The first-order chi connectivity index (χ1) is 23.8. The van der Waals surface area contributed by atoms with Crippen molar-refractivity contribution in [2.45, 2.75) is 236 Å². The van der Waals surface area contributed by atoms with E-state index in [0.717, 1.165) is 38.5 Å². The molecule has 6 N–H and O–H groups in total. The highest BCUT2D eigenvalue weighted by molar-refractivity contribution is 5.76. The van der Waals surface area contributed by atoms with Crippen LogP contribution >= 0.6 is 0 Å². The quantitative estimate of drug-likeness (QED) is 0.0376. The van der Waals surface area contributed by atoms with Gasteiger partial charge in [0.05, 0.1) is 25.4 Å². The summed E-state index contributed by atoms with van der Waals surface area (Å²) >= 11 is 0. The van der Waals surface area contributed by atoms with Gasteiger partial charge < -0.3 is 40.3 Å². The van der Waals surface area contributed by atoms with Gasteiger partial charge in [-0.1, -0.05) is 174 Å². The van der Waals surface area contributed by atoms with Crippen LogP contribution in [0.3, 0.4) is 0 Å². The first-order valence-electron chi connectivity index (χ1n) is 20.7. The molecular weight excluding hydrogens is 622 g/mol. The molecule has 0 unspecified atom stereocenters. The Balaban J connectivity index is 2.38. The third kappa shape index (κ3) is 23.4. The van der Waals surface area contributed by atoms with Gasteiger partial charge in [0.2, 0.25) is 5.91 Å². The number of carbonyl (C=O) groups excluding carboxylic acids is 1. The summed E-state index contributed by atoms with van der Waals surface area (Å²) < 4.78 is 11.2. The Bertz CT molecular complexity index is 741. The molecule has 0 bridgehead atoms. The molecule has 0 saturated carbocycles. The Hall–Kier alpha value is -0.810. The predicted octanol–water partition coefficient (Wildman–Crippen LogP) is 7.61. The molecule has 1 rings (SSSR count). The minimum atomic E-state index is -1.55. The maximum atomic E-state index is 12.9. The van der Waals surface area contributed by atoms with E-state index >= 15 is 0 Å². The predicted molar refractivity (Wildman–Crippen MR) is 198 cm³/mol. The zero-order valence-corrected chi connectivity index (χ0v) is 31.7. The smallest absolute Gasteiger partial charge is 0.220 e. The topological polar surface area (TPSA) is 149 Å². The fourth-order valence-corrected chi connectivity index (χ4v) is 6.81. The van der Waals surface area contributed by atoms with Crippen LogP contribution in [0.25, 0.3) is 0 Å². The van der Waals surface area contributed by atoms with E-state index in [0.29, 0.717) is 12.8 Å². The molecule has 0 aliphatic carbocycles. The molecule has 1 heterocycles. The van der Waals surface area contributed by atoms with E-state index in [9.17, 15) is 30.3 Å². The molecule has 0 radical (unpaired) electrons. The second-order valence-corrected chi connectivity index (χ2v) is 14.8. The number of aliphatic hydroxyl groups is 5. The van der Waals surface area contributed by atoms with E-state index in [2.05, 4.69) is 19.2 Å². The zero-order chi connectivity index (χ0) is 36.0. The number of aliphatic hydroxyl groups excluding tert-OH is 5. The molecule has 1 fully saturated rings. The average Bonchev–Trinajstić information content (AvgIpc) is 3.10. The lowest BCUT2D eigenvalue weighted by molar-refractivity contribution is -0.302. The molecule has 0 spiro atoms. The van der Waals surface area contributed by atoms with Gasteiger partial charge in [-0.25, -0.2) is 0 Å². The van der Waals surface area contributed by atoms with Gasteiger partial charge in [0, 0.05) is 6.42 Å². The van der Waals surface area contributed by atoms with Crippen LogP contribution in [0.4, 0.5) is 0 Å². The summed E-state index contributed by atoms with van der Waals surface area (Å²) in [6.45, 7) is 3.82. The summed E-state index contributed by atoms with van der Waals surface area (Å²) in [5.74, 6) is -0.144. The molecule has 1 saturated heterocycles. The molecule has 0 aromatic rings. The third-order valence-electron chi connectivity index (χ3n) is 10.2. The van der Waals surface area contributed by atoms with Gasteiger partial charge in [0.25, 0.3) is 0 Å². The molecule has 9 heteroatoms. The van der Waals surface area contributed by atoms with E-state index in [1.54, 1.807) is 0 Å². The lowest BCUT2D eigenvalue weighted by Crippen LogP contribution is -2.60. The van der Waals surface area contributed by atoms with Gasteiger partial charge in [-0.15, -0.1) is 0 Å². The highest BCUT2D eigenvalue weighted by atomic mass is 16.7.